The largest absolute Gasteiger partial charge is 0.481 e. The molecular formula is C37H52F3N7O7S. The van der Waals surface area contributed by atoms with Crippen molar-refractivity contribution in [2.45, 2.75) is 122 Å². The number of hydrogen-bond acceptors (Lipinski definition) is 11. The zero-order valence-corrected chi connectivity index (χ0v) is 32.9. The molecule has 0 unspecified atom stereocenters. The molecule has 304 valence electrons. The van der Waals surface area contributed by atoms with Crippen LogP contribution < -0.4 is 10.6 Å². The summed E-state index contributed by atoms with van der Waals surface area (Å²) in [4.78, 5) is 80.7. The number of halogens is 3. The maximum atomic E-state index is 14.2. The second-order valence-corrected chi connectivity index (χ2v) is 16.0. The Balaban J connectivity index is 1.51. The van der Waals surface area contributed by atoms with E-state index in [-0.39, 0.29) is 65.5 Å². The number of carboxylic acid groups (broad SMARTS) is 1. The van der Waals surface area contributed by atoms with Crippen LogP contribution in [0.3, 0.4) is 0 Å². The summed E-state index contributed by atoms with van der Waals surface area (Å²) >= 11 is 1.06. The third kappa shape index (κ3) is 11.9. The number of ether oxygens (including phenoxy) is 1. The van der Waals surface area contributed by atoms with E-state index >= 15 is 0 Å². The number of rotatable bonds is 17. The number of likely N-dealkylation sites (N-methyl/N-ethyl adjacent to an activating group) is 2. The number of aromatic nitrogens is 3. The Morgan fingerprint density at radius 3 is 2.25 bits per heavy atom. The molecule has 3 amide bonds. The van der Waals surface area contributed by atoms with Gasteiger partial charge in [0.15, 0.2) is 6.10 Å². The number of carbonyl (C=O) groups is 5. The van der Waals surface area contributed by atoms with Gasteiger partial charge in [0.25, 0.3) is 5.91 Å². The number of nitrogens with one attached hydrogen (secondary N) is 2. The van der Waals surface area contributed by atoms with Crippen molar-refractivity contribution in [2.24, 2.45) is 17.8 Å². The summed E-state index contributed by atoms with van der Waals surface area (Å²) in [6.07, 6.45) is 0.905. The minimum atomic E-state index is -4.64. The maximum absolute atomic E-state index is 14.2. The third-order valence-corrected chi connectivity index (χ3v) is 11.5. The first-order valence-electron chi connectivity index (χ1n) is 18.7. The van der Waals surface area contributed by atoms with Gasteiger partial charge in [-0.15, -0.1) is 11.3 Å². The minimum absolute atomic E-state index is 0.0121. The lowest BCUT2D eigenvalue weighted by atomic mass is 9.78. The number of piperidine rings is 1. The van der Waals surface area contributed by atoms with E-state index in [1.165, 1.54) is 19.2 Å². The predicted octanol–water partition coefficient (Wildman–Crippen LogP) is 4.65. The van der Waals surface area contributed by atoms with E-state index in [1.54, 1.807) is 11.9 Å². The molecule has 1 aliphatic heterocycles. The molecule has 0 spiro atoms. The fourth-order valence-electron chi connectivity index (χ4n) is 7.04. The number of likely N-dealkylation sites (tertiary alicyclic amines) is 1. The van der Waals surface area contributed by atoms with Crippen LogP contribution in [-0.2, 0) is 36.5 Å². The number of hydrogen-bond donors (Lipinski definition) is 3. The first-order valence-corrected chi connectivity index (χ1v) is 19.5. The van der Waals surface area contributed by atoms with Crippen LogP contribution in [0, 0.1) is 17.8 Å². The second kappa shape index (κ2) is 19.1. The van der Waals surface area contributed by atoms with Gasteiger partial charge in [-0.1, -0.05) is 33.6 Å². The molecule has 0 radical (unpaired) electrons. The van der Waals surface area contributed by atoms with E-state index in [0.29, 0.717) is 12.4 Å². The quantitative estimate of drug-likeness (QED) is 0.190. The number of carboxylic acids is 1. The van der Waals surface area contributed by atoms with E-state index < -0.39 is 59.7 Å². The van der Waals surface area contributed by atoms with Crippen LogP contribution in [0.2, 0.25) is 0 Å². The van der Waals surface area contributed by atoms with Gasteiger partial charge in [0.05, 0.1) is 17.5 Å². The van der Waals surface area contributed by atoms with Gasteiger partial charge in [0, 0.05) is 56.7 Å². The first kappa shape index (κ1) is 43.5. The van der Waals surface area contributed by atoms with Gasteiger partial charge in [-0.3, -0.25) is 28.9 Å². The van der Waals surface area contributed by atoms with Crippen LogP contribution in [0.1, 0.15) is 112 Å². The van der Waals surface area contributed by atoms with E-state index in [0.717, 1.165) is 56.4 Å². The van der Waals surface area contributed by atoms with E-state index in [2.05, 4.69) is 25.6 Å². The number of alkyl halides is 3. The van der Waals surface area contributed by atoms with E-state index in [9.17, 15) is 42.3 Å². The average molecular weight is 796 g/mol. The normalized spacial score (nSPS) is 19.3. The molecule has 3 heterocycles. The van der Waals surface area contributed by atoms with Gasteiger partial charge in [-0.25, -0.2) is 15.0 Å². The molecular weight excluding hydrogens is 744 g/mol. The Kier molecular flexibility index (Phi) is 15.1. The van der Waals surface area contributed by atoms with Crippen molar-refractivity contribution in [3.63, 3.8) is 0 Å². The van der Waals surface area contributed by atoms with Crippen molar-refractivity contribution in [1.29, 1.82) is 0 Å². The zero-order valence-electron chi connectivity index (χ0n) is 32.1. The molecule has 2 aliphatic rings. The van der Waals surface area contributed by atoms with Crippen molar-refractivity contribution >= 4 is 41.0 Å². The highest BCUT2D eigenvalue weighted by molar-refractivity contribution is 7.09. The molecule has 55 heavy (non-hydrogen) atoms. The second-order valence-electron chi connectivity index (χ2n) is 15.1. The van der Waals surface area contributed by atoms with Crippen LogP contribution in [-0.4, -0.2) is 104 Å². The molecule has 2 aromatic rings. The summed E-state index contributed by atoms with van der Waals surface area (Å²) in [6.45, 7) is 7.37. The van der Waals surface area contributed by atoms with Gasteiger partial charge in [0.2, 0.25) is 11.8 Å². The van der Waals surface area contributed by atoms with Crippen LogP contribution in [0.4, 0.5) is 13.2 Å². The van der Waals surface area contributed by atoms with E-state index in [1.807, 2.05) is 25.8 Å². The Morgan fingerprint density at radius 2 is 1.71 bits per heavy atom. The Morgan fingerprint density at radius 1 is 1.04 bits per heavy atom. The lowest BCUT2D eigenvalue weighted by molar-refractivity contribution is -0.149. The number of amides is 3. The molecule has 2 fully saturated rings. The van der Waals surface area contributed by atoms with Gasteiger partial charge < -0.3 is 25.4 Å². The fraction of sp³-hybridized carbons (Fsp3) is 0.676. The molecule has 1 saturated heterocycles. The van der Waals surface area contributed by atoms with Crippen molar-refractivity contribution in [3.8, 4) is 0 Å². The number of carbonyl (C=O) groups excluding carboxylic acids is 4. The van der Waals surface area contributed by atoms with E-state index in [4.69, 9.17) is 4.74 Å². The molecule has 1 aliphatic carbocycles. The average Bonchev–Trinajstić information content (AvgIpc) is 3.58. The summed E-state index contributed by atoms with van der Waals surface area (Å²) in [6, 6.07) is -2.33. The van der Waals surface area contributed by atoms with Crippen molar-refractivity contribution in [1.82, 2.24) is 35.4 Å². The van der Waals surface area contributed by atoms with Gasteiger partial charge in [-0.05, 0) is 57.5 Å². The number of aliphatic carboxylic acids is 1. The zero-order chi connectivity index (χ0) is 40.6. The number of thiazole rings is 1. The summed E-state index contributed by atoms with van der Waals surface area (Å²) in [5.74, 6) is -3.84. The molecule has 2 aromatic heterocycles. The number of nitrogens with zero attached hydrogens (tertiary/aromatic N) is 5. The highest BCUT2D eigenvalue weighted by atomic mass is 32.1. The Labute approximate surface area is 323 Å². The van der Waals surface area contributed by atoms with Crippen molar-refractivity contribution in [2.75, 3.05) is 20.6 Å². The van der Waals surface area contributed by atoms with Gasteiger partial charge in [0.1, 0.15) is 22.6 Å². The van der Waals surface area contributed by atoms with Crippen molar-refractivity contribution < 1.29 is 47.0 Å². The standard InChI is InChI=1S/C37H52F3N7O7S/c1-20(2)28(47(6)35(51)31(23-10-9-11-23)45-33(50)27-12-7-8-13-46(27)5)16-29(54-22(4)48)34-44-26(19-55-34)32(49)43-25(14-21(3)36(52)53)15-30-41-17-24(18-42-30)37(38,39)40/h17-21,23,25,27-29,31H,7-16H2,1-6H3,(H,43,49)(H,45,50)(H,52,53)/t21-,25+,27+,28+,29+,31-/m0/s1. The Bertz CT molecular complexity index is 1650. The highest BCUT2D eigenvalue weighted by Crippen LogP contribution is 2.34. The number of esters is 1. The van der Waals surface area contributed by atoms with Crippen LogP contribution in [0.15, 0.2) is 17.8 Å². The summed E-state index contributed by atoms with van der Waals surface area (Å²) in [7, 11) is 3.60. The van der Waals surface area contributed by atoms with Crippen LogP contribution >= 0.6 is 11.3 Å². The van der Waals surface area contributed by atoms with Crippen LogP contribution in [0.5, 0.6) is 0 Å². The highest BCUT2D eigenvalue weighted by Gasteiger charge is 2.40. The SMILES string of the molecule is CC(=O)O[C@H](C[C@H](C(C)C)N(C)C(=O)[C@@H](NC(=O)[C@H]1CCCCN1C)C1CCC1)c1nc(C(=O)N[C@@H](Cc2ncc(C(F)(F)F)cn2)C[C@H](C)C(=O)O)cs1. The molecule has 18 heteroatoms. The molecule has 1 saturated carbocycles. The van der Waals surface area contributed by atoms with Crippen molar-refractivity contribution in [3.05, 3.63) is 39.9 Å². The first-order chi connectivity index (χ1) is 25.8. The summed E-state index contributed by atoms with van der Waals surface area (Å²) < 4.78 is 44.8. The smallest absolute Gasteiger partial charge is 0.419 e. The van der Waals surface area contributed by atoms with Crippen LogP contribution in [0.25, 0.3) is 0 Å². The Hall–Kier alpha value is -4.19. The monoisotopic (exact) mass is 795 g/mol. The minimum Gasteiger partial charge on any atom is -0.481 e. The molecule has 4 rings (SSSR count). The van der Waals surface area contributed by atoms with Gasteiger partial charge in [-0.2, -0.15) is 13.2 Å². The lowest BCUT2D eigenvalue weighted by Crippen LogP contribution is -2.59. The summed E-state index contributed by atoms with van der Waals surface area (Å²) in [5.41, 5.74) is -1.10. The third-order valence-electron chi connectivity index (χ3n) is 10.5. The fourth-order valence-corrected chi connectivity index (χ4v) is 7.88. The molecule has 0 aromatic carbocycles. The van der Waals surface area contributed by atoms with Gasteiger partial charge >= 0.3 is 18.1 Å². The summed E-state index contributed by atoms with van der Waals surface area (Å²) in [5, 5.41) is 17.0. The molecule has 3 N–H and O–H groups in total. The molecule has 0 bridgehead atoms. The topological polar surface area (TPSA) is 184 Å². The lowest BCUT2D eigenvalue weighted by Gasteiger charge is -2.41. The predicted molar refractivity (Wildman–Crippen MR) is 196 cm³/mol. The molecule has 14 nitrogen and oxygen atoms in total. The maximum Gasteiger partial charge on any atom is 0.419 e. The molecule has 6 atom stereocenters.